The predicted octanol–water partition coefficient (Wildman–Crippen LogP) is 3.34. The standard InChI is InChI=1S/C21H26N4O3S/c1-28-16-8-4-5-14(11-16)12-19(26)25-10-9-17-18(13-25)29-21(23-17)24-20(27)22-15-6-2-3-7-15/h4-5,8,11,15H,2-3,6-7,9-10,12-13H2,1H3,(H2,22,23,24,27). The molecule has 2 aliphatic rings. The fraction of sp³-hybridized carbons (Fsp3) is 0.476. The number of carbonyl (C=O) groups is 2. The summed E-state index contributed by atoms with van der Waals surface area (Å²) < 4.78 is 5.23. The number of urea groups is 1. The van der Waals surface area contributed by atoms with E-state index in [-0.39, 0.29) is 18.0 Å². The van der Waals surface area contributed by atoms with Gasteiger partial charge in [0, 0.05) is 23.9 Å². The number of amides is 3. The Kier molecular flexibility index (Phi) is 5.99. The lowest BCUT2D eigenvalue weighted by Gasteiger charge is -2.26. The van der Waals surface area contributed by atoms with Crippen LogP contribution in [0.4, 0.5) is 9.93 Å². The third-order valence-corrected chi connectivity index (χ3v) is 6.48. The summed E-state index contributed by atoms with van der Waals surface area (Å²) in [7, 11) is 1.62. The monoisotopic (exact) mass is 414 g/mol. The fourth-order valence-corrected chi connectivity index (χ4v) is 4.94. The Morgan fingerprint density at radius 1 is 1.31 bits per heavy atom. The molecule has 1 saturated carbocycles. The van der Waals surface area contributed by atoms with Crippen LogP contribution in [0.5, 0.6) is 5.75 Å². The molecule has 0 saturated heterocycles. The molecular weight excluding hydrogens is 388 g/mol. The predicted molar refractivity (Wildman–Crippen MR) is 112 cm³/mol. The number of aromatic nitrogens is 1. The number of nitrogens with zero attached hydrogens (tertiary/aromatic N) is 2. The molecule has 0 unspecified atom stereocenters. The average Bonchev–Trinajstić information content (AvgIpc) is 3.36. The van der Waals surface area contributed by atoms with E-state index in [0.29, 0.717) is 31.1 Å². The van der Waals surface area contributed by atoms with Crippen LogP contribution < -0.4 is 15.4 Å². The number of thiazole rings is 1. The highest BCUT2D eigenvalue weighted by molar-refractivity contribution is 7.15. The topological polar surface area (TPSA) is 83.6 Å². The molecule has 0 atom stereocenters. The highest BCUT2D eigenvalue weighted by Crippen LogP contribution is 2.29. The van der Waals surface area contributed by atoms with Gasteiger partial charge in [0.15, 0.2) is 5.13 Å². The first-order chi connectivity index (χ1) is 14.1. The van der Waals surface area contributed by atoms with Gasteiger partial charge in [0.2, 0.25) is 5.91 Å². The quantitative estimate of drug-likeness (QED) is 0.786. The summed E-state index contributed by atoms with van der Waals surface area (Å²) in [6, 6.07) is 7.69. The van der Waals surface area contributed by atoms with E-state index in [1.807, 2.05) is 29.2 Å². The number of anilines is 1. The number of carbonyl (C=O) groups excluding carboxylic acids is 2. The molecule has 4 rings (SSSR count). The molecule has 2 N–H and O–H groups in total. The normalized spacial score (nSPS) is 16.4. The van der Waals surface area contributed by atoms with Crippen molar-refractivity contribution in [2.24, 2.45) is 0 Å². The van der Waals surface area contributed by atoms with Crippen molar-refractivity contribution in [2.45, 2.75) is 51.1 Å². The van der Waals surface area contributed by atoms with E-state index < -0.39 is 0 Å². The van der Waals surface area contributed by atoms with Gasteiger partial charge >= 0.3 is 6.03 Å². The molecule has 1 aromatic heterocycles. The average molecular weight is 415 g/mol. The molecule has 2 aromatic rings. The minimum absolute atomic E-state index is 0.0887. The lowest BCUT2D eigenvalue weighted by molar-refractivity contribution is -0.131. The zero-order valence-electron chi connectivity index (χ0n) is 16.6. The largest absolute Gasteiger partial charge is 0.497 e. The van der Waals surface area contributed by atoms with Crippen molar-refractivity contribution in [1.29, 1.82) is 0 Å². The number of hydrogen-bond acceptors (Lipinski definition) is 5. The molecule has 0 spiro atoms. The van der Waals surface area contributed by atoms with Crippen LogP contribution in [-0.2, 0) is 24.2 Å². The van der Waals surface area contributed by atoms with Crippen LogP contribution in [0.25, 0.3) is 0 Å². The van der Waals surface area contributed by atoms with Gasteiger partial charge in [-0.25, -0.2) is 9.78 Å². The number of rotatable bonds is 5. The zero-order valence-corrected chi connectivity index (χ0v) is 17.4. The summed E-state index contributed by atoms with van der Waals surface area (Å²) in [5.41, 5.74) is 1.92. The Bertz CT molecular complexity index is 892. The number of nitrogens with one attached hydrogen (secondary N) is 2. The van der Waals surface area contributed by atoms with Gasteiger partial charge in [-0.1, -0.05) is 36.3 Å². The summed E-state index contributed by atoms with van der Waals surface area (Å²) in [6.45, 7) is 1.19. The van der Waals surface area contributed by atoms with Gasteiger partial charge in [0.25, 0.3) is 0 Å². The summed E-state index contributed by atoms with van der Waals surface area (Å²) in [6.07, 6.45) is 5.51. The van der Waals surface area contributed by atoms with Crippen LogP contribution in [0, 0.1) is 0 Å². The molecule has 1 aromatic carbocycles. The lowest BCUT2D eigenvalue weighted by atomic mass is 10.1. The van der Waals surface area contributed by atoms with Crippen molar-refractivity contribution in [2.75, 3.05) is 19.0 Å². The molecule has 7 nitrogen and oxygen atoms in total. The second-order valence-corrected chi connectivity index (χ2v) is 8.65. The first-order valence-corrected chi connectivity index (χ1v) is 10.9. The molecule has 29 heavy (non-hydrogen) atoms. The third kappa shape index (κ3) is 4.87. The van der Waals surface area contributed by atoms with Crippen LogP contribution in [0.2, 0.25) is 0 Å². The molecule has 1 aliphatic heterocycles. The van der Waals surface area contributed by atoms with Gasteiger partial charge in [0.05, 0.1) is 25.8 Å². The van der Waals surface area contributed by atoms with E-state index in [4.69, 9.17) is 4.74 Å². The number of fused-ring (bicyclic) bond motifs is 1. The van der Waals surface area contributed by atoms with Crippen molar-refractivity contribution in [1.82, 2.24) is 15.2 Å². The highest BCUT2D eigenvalue weighted by Gasteiger charge is 2.25. The second-order valence-electron chi connectivity index (χ2n) is 7.56. The maximum absolute atomic E-state index is 12.7. The highest BCUT2D eigenvalue weighted by atomic mass is 32.1. The Balaban J connectivity index is 1.34. The molecular formula is C21H26N4O3S. The lowest BCUT2D eigenvalue weighted by Crippen LogP contribution is -2.36. The molecule has 3 amide bonds. The number of ether oxygens (including phenoxy) is 1. The number of methoxy groups -OCH3 is 1. The van der Waals surface area contributed by atoms with Crippen molar-refractivity contribution in [3.05, 3.63) is 40.4 Å². The molecule has 1 fully saturated rings. The first kappa shape index (κ1) is 19.7. The van der Waals surface area contributed by atoms with Gasteiger partial charge in [-0.2, -0.15) is 0 Å². The molecule has 8 heteroatoms. The molecule has 2 heterocycles. The van der Waals surface area contributed by atoms with Crippen molar-refractivity contribution >= 4 is 28.4 Å². The Hall–Kier alpha value is -2.61. The molecule has 1 aliphatic carbocycles. The second kappa shape index (κ2) is 8.82. The van der Waals surface area contributed by atoms with Gasteiger partial charge in [0.1, 0.15) is 5.75 Å². The van der Waals surface area contributed by atoms with Crippen LogP contribution >= 0.6 is 11.3 Å². The molecule has 0 bridgehead atoms. The van der Waals surface area contributed by atoms with Crippen LogP contribution in [-0.4, -0.2) is 41.5 Å². The SMILES string of the molecule is COc1cccc(CC(=O)N2CCc3nc(NC(=O)NC4CCCC4)sc3C2)c1. The molecule has 154 valence electrons. The Morgan fingerprint density at radius 2 is 2.14 bits per heavy atom. The van der Waals surface area contributed by atoms with E-state index in [2.05, 4.69) is 15.6 Å². The Labute approximate surface area is 174 Å². The van der Waals surface area contributed by atoms with Crippen LogP contribution in [0.15, 0.2) is 24.3 Å². The van der Waals surface area contributed by atoms with E-state index in [9.17, 15) is 9.59 Å². The van der Waals surface area contributed by atoms with Crippen molar-refractivity contribution < 1.29 is 14.3 Å². The maximum Gasteiger partial charge on any atom is 0.321 e. The number of benzene rings is 1. The number of hydrogen-bond donors (Lipinski definition) is 2. The Morgan fingerprint density at radius 3 is 2.93 bits per heavy atom. The first-order valence-electron chi connectivity index (χ1n) is 10.1. The van der Waals surface area contributed by atoms with E-state index >= 15 is 0 Å². The van der Waals surface area contributed by atoms with Gasteiger partial charge < -0.3 is 15.0 Å². The zero-order chi connectivity index (χ0) is 20.2. The van der Waals surface area contributed by atoms with Crippen LogP contribution in [0.3, 0.4) is 0 Å². The summed E-state index contributed by atoms with van der Waals surface area (Å²) >= 11 is 1.46. The summed E-state index contributed by atoms with van der Waals surface area (Å²) in [5.74, 6) is 0.844. The van der Waals surface area contributed by atoms with Gasteiger partial charge in [-0.05, 0) is 30.5 Å². The molecule has 0 radical (unpaired) electrons. The van der Waals surface area contributed by atoms with Crippen molar-refractivity contribution in [3.8, 4) is 5.75 Å². The van der Waals surface area contributed by atoms with Gasteiger partial charge in [-0.15, -0.1) is 0 Å². The van der Waals surface area contributed by atoms with E-state index in [0.717, 1.165) is 34.7 Å². The van der Waals surface area contributed by atoms with Crippen LogP contribution in [0.1, 0.15) is 41.8 Å². The smallest absolute Gasteiger partial charge is 0.321 e. The van der Waals surface area contributed by atoms with E-state index in [1.54, 1.807) is 7.11 Å². The maximum atomic E-state index is 12.7. The third-order valence-electron chi connectivity index (χ3n) is 5.48. The summed E-state index contributed by atoms with van der Waals surface area (Å²) in [5, 5.41) is 6.48. The van der Waals surface area contributed by atoms with Crippen molar-refractivity contribution in [3.63, 3.8) is 0 Å². The minimum Gasteiger partial charge on any atom is -0.497 e. The van der Waals surface area contributed by atoms with Gasteiger partial charge in [-0.3, -0.25) is 10.1 Å². The summed E-state index contributed by atoms with van der Waals surface area (Å²) in [4.78, 5) is 32.4. The van der Waals surface area contributed by atoms with E-state index in [1.165, 1.54) is 24.2 Å². The fourth-order valence-electron chi connectivity index (χ4n) is 3.92. The minimum atomic E-state index is -0.186.